The molecule has 0 bridgehead atoms. The van der Waals surface area contributed by atoms with Crippen molar-refractivity contribution in [1.82, 2.24) is 9.80 Å². The van der Waals surface area contributed by atoms with Crippen LogP contribution in [0, 0.1) is 11.3 Å². The molecule has 1 heterocycles. The van der Waals surface area contributed by atoms with E-state index in [-0.39, 0.29) is 31.0 Å². The van der Waals surface area contributed by atoms with Crippen molar-refractivity contribution in [1.29, 1.82) is 0 Å². The molecule has 0 aromatic rings. The van der Waals surface area contributed by atoms with E-state index in [1.807, 2.05) is 11.8 Å². The average Bonchev–Trinajstić information content (AvgIpc) is 2.36. The van der Waals surface area contributed by atoms with E-state index in [0.29, 0.717) is 13.1 Å². The molecule has 1 aliphatic heterocycles. The number of carbonyl (C=O) groups is 1. The normalized spacial score (nSPS) is 23.8. The third-order valence-corrected chi connectivity index (χ3v) is 3.91. The second-order valence-corrected chi connectivity index (χ2v) is 7.07. The maximum absolute atomic E-state index is 12.6. The molecule has 0 radical (unpaired) electrons. The lowest BCUT2D eigenvalue weighted by Gasteiger charge is -2.39. The molecule has 1 aliphatic rings. The molecule has 0 aromatic heterocycles. The van der Waals surface area contributed by atoms with E-state index in [2.05, 4.69) is 0 Å². The predicted molar refractivity (Wildman–Crippen MR) is 78.3 cm³/mol. The third-order valence-electron chi connectivity index (χ3n) is 3.91. The van der Waals surface area contributed by atoms with Gasteiger partial charge in [-0.25, -0.2) is 0 Å². The van der Waals surface area contributed by atoms with Crippen molar-refractivity contribution in [2.24, 2.45) is 11.3 Å². The minimum Gasteiger partial charge on any atom is -0.396 e. The summed E-state index contributed by atoms with van der Waals surface area (Å²) in [6, 6.07) is 0. The molecule has 7 heteroatoms. The topological polar surface area (TPSA) is 43.8 Å². The van der Waals surface area contributed by atoms with Gasteiger partial charge in [0.05, 0.1) is 6.54 Å². The van der Waals surface area contributed by atoms with Crippen molar-refractivity contribution in [3.05, 3.63) is 0 Å². The molecule has 130 valence electrons. The van der Waals surface area contributed by atoms with Crippen LogP contribution >= 0.6 is 0 Å². The zero-order valence-electron chi connectivity index (χ0n) is 13.6. The fourth-order valence-electron chi connectivity index (χ4n) is 2.89. The molecular formula is C15H27F3N2O2. The number of halogens is 3. The maximum atomic E-state index is 12.6. The number of nitrogens with zero attached hydrogens (tertiary/aromatic N) is 2. The number of amides is 1. The lowest BCUT2D eigenvalue weighted by Crippen LogP contribution is -2.50. The van der Waals surface area contributed by atoms with Gasteiger partial charge in [0.2, 0.25) is 5.91 Å². The Balaban J connectivity index is 2.65. The van der Waals surface area contributed by atoms with Gasteiger partial charge < -0.3 is 10.0 Å². The van der Waals surface area contributed by atoms with Gasteiger partial charge in [-0.2, -0.15) is 13.2 Å². The molecule has 1 amide bonds. The summed E-state index contributed by atoms with van der Waals surface area (Å²) in [5.41, 5.74) is -0.272. The molecule has 22 heavy (non-hydrogen) atoms. The summed E-state index contributed by atoms with van der Waals surface area (Å²) in [6.45, 7) is 5.65. The number of aliphatic hydroxyl groups excluding tert-OH is 1. The Morgan fingerprint density at radius 3 is 2.55 bits per heavy atom. The van der Waals surface area contributed by atoms with E-state index in [1.54, 1.807) is 13.8 Å². The Bertz CT molecular complexity index is 374. The first-order valence-corrected chi connectivity index (χ1v) is 7.72. The second kappa shape index (κ2) is 7.64. The van der Waals surface area contributed by atoms with Gasteiger partial charge in [-0.15, -0.1) is 0 Å². The van der Waals surface area contributed by atoms with Crippen LogP contribution in [0.15, 0.2) is 0 Å². The van der Waals surface area contributed by atoms with Crippen molar-refractivity contribution >= 4 is 5.91 Å². The first-order valence-electron chi connectivity index (χ1n) is 7.72. The minimum absolute atomic E-state index is 0.0155. The summed E-state index contributed by atoms with van der Waals surface area (Å²) < 4.78 is 37.9. The van der Waals surface area contributed by atoms with Crippen LogP contribution in [0.4, 0.5) is 13.2 Å². The molecule has 1 atom stereocenters. The number of carbonyl (C=O) groups excluding carboxylic acids is 1. The lowest BCUT2D eigenvalue weighted by molar-refractivity contribution is -0.163. The van der Waals surface area contributed by atoms with E-state index in [9.17, 15) is 23.1 Å². The Kier molecular flexibility index (Phi) is 6.67. The van der Waals surface area contributed by atoms with Crippen LogP contribution in [0.3, 0.4) is 0 Å². The third kappa shape index (κ3) is 6.52. The summed E-state index contributed by atoms with van der Waals surface area (Å²) in [5.74, 6) is -0.511. The fourth-order valence-corrected chi connectivity index (χ4v) is 2.89. The van der Waals surface area contributed by atoms with Gasteiger partial charge in [-0.05, 0) is 25.3 Å². The average molecular weight is 324 g/mol. The van der Waals surface area contributed by atoms with Crippen LogP contribution in [0.5, 0.6) is 0 Å². The van der Waals surface area contributed by atoms with Crippen molar-refractivity contribution < 1.29 is 23.1 Å². The number of alkyl halides is 3. The molecule has 0 saturated carbocycles. The quantitative estimate of drug-likeness (QED) is 0.814. The van der Waals surface area contributed by atoms with Crippen molar-refractivity contribution in [3.8, 4) is 0 Å². The SMILES string of the molecule is CC(C)CN(CC(F)(F)F)C(=O)CN1CCCC(C)(CO)C1. The van der Waals surface area contributed by atoms with Crippen LogP contribution in [0.2, 0.25) is 0 Å². The smallest absolute Gasteiger partial charge is 0.396 e. The van der Waals surface area contributed by atoms with E-state index >= 15 is 0 Å². The fraction of sp³-hybridized carbons (Fsp3) is 0.933. The van der Waals surface area contributed by atoms with Crippen LogP contribution < -0.4 is 0 Å². The molecule has 0 spiro atoms. The molecule has 1 fully saturated rings. The molecular weight excluding hydrogens is 297 g/mol. The highest BCUT2D eigenvalue weighted by molar-refractivity contribution is 5.78. The summed E-state index contributed by atoms with van der Waals surface area (Å²) in [4.78, 5) is 15.0. The highest BCUT2D eigenvalue weighted by Crippen LogP contribution is 2.28. The van der Waals surface area contributed by atoms with Crippen molar-refractivity contribution in [2.45, 2.75) is 39.8 Å². The Labute approximate surface area is 130 Å². The van der Waals surface area contributed by atoms with E-state index in [4.69, 9.17) is 0 Å². The van der Waals surface area contributed by atoms with Crippen LogP contribution in [0.25, 0.3) is 0 Å². The summed E-state index contributed by atoms with van der Waals surface area (Å²) in [6.07, 6.45) is -2.67. The molecule has 1 saturated heterocycles. The summed E-state index contributed by atoms with van der Waals surface area (Å²) in [5, 5.41) is 9.41. The molecule has 0 aliphatic carbocycles. The number of hydrogen-bond acceptors (Lipinski definition) is 3. The second-order valence-electron chi connectivity index (χ2n) is 7.07. The Morgan fingerprint density at radius 2 is 2.05 bits per heavy atom. The predicted octanol–water partition coefficient (Wildman–Crippen LogP) is 2.13. The van der Waals surface area contributed by atoms with Gasteiger partial charge in [-0.3, -0.25) is 9.69 Å². The summed E-state index contributed by atoms with van der Waals surface area (Å²) >= 11 is 0. The van der Waals surface area contributed by atoms with E-state index in [0.717, 1.165) is 17.7 Å². The number of likely N-dealkylation sites (tertiary alicyclic amines) is 1. The highest BCUT2D eigenvalue weighted by Gasteiger charge is 2.35. The lowest BCUT2D eigenvalue weighted by atomic mass is 9.83. The van der Waals surface area contributed by atoms with Gasteiger partial charge in [0.25, 0.3) is 0 Å². The molecule has 0 aromatic carbocycles. The van der Waals surface area contributed by atoms with Gasteiger partial charge in [0.1, 0.15) is 6.54 Å². The summed E-state index contributed by atoms with van der Waals surface area (Å²) in [7, 11) is 0. The van der Waals surface area contributed by atoms with Gasteiger partial charge >= 0.3 is 6.18 Å². The highest BCUT2D eigenvalue weighted by atomic mass is 19.4. The van der Waals surface area contributed by atoms with Crippen LogP contribution in [-0.4, -0.2) is 66.3 Å². The van der Waals surface area contributed by atoms with Crippen LogP contribution in [0.1, 0.15) is 33.6 Å². The zero-order chi connectivity index (χ0) is 17.0. The molecule has 4 nitrogen and oxygen atoms in total. The Morgan fingerprint density at radius 1 is 1.41 bits per heavy atom. The van der Waals surface area contributed by atoms with Crippen molar-refractivity contribution in [3.63, 3.8) is 0 Å². The maximum Gasteiger partial charge on any atom is 0.406 e. The standard InChI is InChI=1S/C15H27F3N2O2/c1-12(2)7-20(10-15(16,17)18)13(22)8-19-6-4-5-14(3,9-19)11-21/h12,21H,4-11H2,1-3H3. The number of piperidine rings is 1. The number of rotatable bonds is 6. The van der Waals surface area contributed by atoms with Gasteiger partial charge in [-0.1, -0.05) is 20.8 Å². The van der Waals surface area contributed by atoms with Gasteiger partial charge in [0, 0.05) is 25.1 Å². The monoisotopic (exact) mass is 324 g/mol. The number of hydrogen-bond donors (Lipinski definition) is 1. The zero-order valence-corrected chi connectivity index (χ0v) is 13.6. The largest absolute Gasteiger partial charge is 0.406 e. The van der Waals surface area contributed by atoms with Crippen LogP contribution in [-0.2, 0) is 4.79 Å². The first kappa shape index (κ1) is 19.2. The molecule has 1 rings (SSSR count). The van der Waals surface area contributed by atoms with E-state index < -0.39 is 18.6 Å². The van der Waals surface area contributed by atoms with Crippen molar-refractivity contribution in [2.75, 3.05) is 39.3 Å². The number of aliphatic hydroxyl groups is 1. The van der Waals surface area contributed by atoms with E-state index in [1.165, 1.54) is 0 Å². The molecule has 1 N–H and O–H groups in total. The molecule has 1 unspecified atom stereocenters. The van der Waals surface area contributed by atoms with Gasteiger partial charge in [0.15, 0.2) is 0 Å². The minimum atomic E-state index is -4.38. The Hall–Kier alpha value is -0.820. The first-order chi connectivity index (χ1) is 10.0.